The Kier molecular flexibility index (Phi) is 1.85. The first kappa shape index (κ1) is 12.6. The SMILES string of the molecule is CO[C@]12CC(C)C34OC3C[C@@]3(C)OC43CC1=C(C)C(=O)O2. The summed E-state index contributed by atoms with van der Waals surface area (Å²) in [7, 11) is 1.62. The van der Waals surface area contributed by atoms with E-state index in [1.165, 1.54) is 0 Å². The van der Waals surface area contributed by atoms with E-state index >= 15 is 0 Å². The van der Waals surface area contributed by atoms with Gasteiger partial charge in [0.05, 0.1) is 6.10 Å². The molecule has 0 radical (unpaired) electrons. The van der Waals surface area contributed by atoms with Crippen LogP contribution in [0, 0.1) is 5.92 Å². The van der Waals surface area contributed by atoms with Gasteiger partial charge in [-0.05, 0) is 19.8 Å². The lowest BCUT2D eigenvalue weighted by Gasteiger charge is -2.30. The van der Waals surface area contributed by atoms with E-state index in [9.17, 15) is 4.79 Å². The Morgan fingerprint density at radius 2 is 2.10 bits per heavy atom. The van der Waals surface area contributed by atoms with Gasteiger partial charge in [-0.2, -0.15) is 0 Å². The molecule has 0 N–H and O–H groups in total. The lowest BCUT2D eigenvalue weighted by atomic mass is 9.78. The molecule has 5 rings (SSSR count). The van der Waals surface area contributed by atoms with Crippen LogP contribution < -0.4 is 0 Å². The molecule has 0 aromatic heterocycles. The fourth-order valence-electron chi connectivity index (χ4n) is 5.54. The van der Waals surface area contributed by atoms with Gasteiger partial charge in [0.15, 0.2) is 0 Å². The third kappa shape index (κ3) is 1.04. The second-order valence-corrected chi connectivity index (χ2v) is 7.50. The predicted molar refractivity (Wildman–Crippen MR) is 71.4 cm³/mol. The minimum atomic E-state index is -0.919. The maximum atomic E-state index is 12.1. The van der Waals surface area contributed by atoms with E-state index in [1.54, 1.807) is 7.11 Å². The van der Waals surface area contributed by atoms with Gasteiger partial charge in [-0.15, -0.1) is 0 Å². The third-order valence-electron chi connectivity index (χ3n) is 6.72. The molecule has 2 spiro atoms. The Morgan fingerprint density at radius 3 is 2.81 bits per heavy atom. The maximum Gasteiger partial charge on any atom is 0.336 e. The standard InChI is InChI=1S/C16H20O5/c1-8-5-14(18-4)10(9(2)12(17)20-14)6-15-13(3,21-15)7-11-16(8,15)19-11/h8,11H,5-7H2,1-4H3/t8?,11?,13-,14+,15?,16?/m1/s1. The quantitative estimate of drug-likeness (QED) is 0.544. The molecule has 3 heterocycles. The largest absolute Gasteiger partial charge is 0.426 e. The molecule has 5 heteroatoms. The van der Waals surface area contributed by atoms with Gasteiger partial charge >= 0.3 is 5.97 Å². The number of epoxide rings is 2. The minimum Gasteiger partial charge on any atom is -0.426 e. The first-order chi connectivity index (χ1) is 9.84. The molecule has 4 unspecified atom stereocenters. The average Bonchev–Trinajstić information content (AvgIpc) is 3.26. The van der Waals surface area contributed by atoms with Crippen molar-refractivity contribution in [3.8, 4) is 0 Å². The van der Waals surface area contributed by atoms with Crippen molar-refractivity contribution < 1.29 is 23.7 Å². The van der Waals surface area contributed by atoms with Crippen molar-refractivity contribution in [2.75, 3.05) is 7.11 Å². The van der Waals surface area contributed by atoms with Crippen LogP contribution in [0.5, 0.6) is 0 Å². The summed E-state index contributed by atoms with van der Waals surface area (Å²) in [6.45, 7) is 6.17. The van der Waals surface area contributed by atoms with E-state index in [4.69, 9.17) is 18.9 Å². The summed E-state index contributed by atoms with van der Waals surface area (Å²) in [6.07, 6.45) is 2.56. The van der Waals surface area contributed by atoms with E-state index in [2.05, 4.69) is 13.8 Å². The molecule has 0 aromatic rings. The highest BCUT2D eigenvalue weighted by atomic mass is 16.7. The Morgan fingerprint density at radius 1 is 1.33 bits per heavy atom. The maximum absolute atomic E-state index is 12.1. The number of esters is 1. The lowest BCUT2D eigenvalue weighted by molar-refractivity contribution is -0.198. The zero-order chi connectivity index (χ0) is 14.8. The zero-order valence-electron chi connectivity index (χ0n) is 12.8. The number of hydrogen-bond donors (Lipinski definition) is 0. The molecule has 2 saturated carbocycles. The number of ether oxygens (including phenoxy) is 4. The summed E-state index contributed by atoms with van der Waals surface area (Å²) < 4.78 is 23.7. The molecule has 0 amide bonds. The zero-order valence-corrected chi connectivity index (χ0v) is 12.8. The topological polar surface area (TPSA) is 60.6 Å². The van der Waals surface area contributed by atoms with Gasteiger partial charge < -0.3 is 18.9 Å². The van der Waals surface area contributed by atoms with Crippen LogP contribution >= 0.6 is 0 Å². The van der Waals surface area contributed by atoms with E-state index in [-0.39, 0.29) is 34.8 Å². The molecule has 21 heavy (non-hydrogen) atoms. The van der Waals surface area contributed by atoms with Gasteiger partial charge in [0, 0.05) is 37.5 Å². The number of hydrogen-bond acceptors (Lipinski definition) is 5. The molecule has 0 bridgehead atoms. The number of rotatable bonds is 1. The van der Waals surface area contributed by atoms with Crippen molar-refractivity contribution in [1.82, 2.24) is 0 Å². The van der Waals surface area contributed by atoms with E-state index in [1.807, 2.05) is 6.92 Å². The van der Waals surface area contributed by atoms with Crippen molar-refractivity contribution in [1.29, 1.82) is 0 Å². The van der Waals surface area contributed by atoms with Gasteiger partial charge in [-0.25, -0.2) is 4.79 Å². The Balaban J connectivity index is 1.70. The Labute approximate surface area is 123 Å². The summed E-state index contributed by atoms with van der Waals surface area (Å²) in [4.78, 5) is 12.1. The molecule has 5 aliphatic rings. The van der Waals surface area contributed by atoms with E-state index in [0.717, 1.165) is 12.0 Å². The molecule has 114 valence electrons. The normalized spacial score (nSPS) is 59.7. The van der Waals surface area contributed by atoms with Crippen LogP contribution in [-0.2, 0) is 23.7 Å². The van der Waals surface area contributed by atoms with Crippen molar-refractivity contribution in [3.63, 3.8) is 0 Å². The van der Waals surface area contributed by atoms with Crippen LogP contribution in [0.3, 0.4) is 0 Å². The molecule has 2 saturated heterocycles. The third-order valence-corrected chi connectivity index (χ3v) is 6.72. The number of methoxy groups -OCH3 is 1. The number of carbonyl (C=O) groups excluding carboxylic acids is 1. The highest BCUT2D eigenvalue weighted by Crippen LogP contribution is 2.79. The van der Waals surface area contributed by atoms with Crippen LogP contribution in [0.4, 0.5) is 0 Å². The second-order valence-electron chi connectivity index (χ2n) is 7.50. The smallest absolute Gasteiger partial charge is 0.336 e. The van der Waals surface area contributed by atoms with Crippen molar-refractivity contribution >= 4 is 5.97 Å². The Bertz CT molecular complexity index is 626. The summed E-state index contributed by atoms with van der Waals surface area (Å²) in [6, 6.07) is 0. The van der Waals surface area contributed by atoms with E-state index < -0.39 is 5.79 Å². The average molecular weight is 292 g/mol. The monoisotopic (exact) mass is 292 g/mol. The predicted octanol–water partition coefficient (Wildman–Crippen LogP) is 1.70. The molecule has 2 aliphatic carbocycles. The molecular weight excluding hydrogens is 272 g/mol. The lowest BCUT2D eigenvalue weighted by Crippen LogP contribution is -2.41. The van der Waals surface area contributed by atoms with Crippen LogP contribution in [-0.4, -0.2) is 41.8 Å². The van der Waals surface area contributed by atoms with Gasteiger partial charge in [0.1, 0.15) is 16.8 Å². The van der Waals surface area contributed by atoms with Crippen LogP contribution in [0.2, 0.25) is 0 Å². The first-order valence-electron chi connectivity index (χ1n) is 7.71. The fourth-order valence-corrected chi connectivity index (χ4v) is 5.54. The molecule has 6 atom stereocenters. The van der Waals surface area contributed by atoms with Gasteiger partial charge in [0.25, 0.3) is 0 Å². The summed E-state index contributed by atoms with van der Waals surface area (Å²) >= 11 is 0. The van der Waals surface area contributed by atoms with E-state index in [0.29, 0.717) is 18.4 Å². The summed E-state index contributed by atoms with van der Waals surface area (Å²) in [5.41, 5.74) is 1.01. The fraction of sp³-hybridized carbons (Fsp3) is 0.812. The highest BCUT2D eigenvalue weighted by Gasteiger charge is 2.93. The number of carbonyl (C=O) groups is 1. The van der Waals surface area contributed by atoms with Crippen LogP contribution in [0.1, 0.15) is 40.0 Å². The van der Waals surface area contributed by atoms with Gasteiger partial charge in [-0.1, -0.05) is 6.92 Å². The van der Waals surface area contributed by atoms with Gasteiger partial charge in [-0.3, -0.25) is 0 Å². The van der Waals surface area contributed by atoms with Gasteiger partial charge in [0.2, 0.25) is 5.79 Å². The van der Waals surface area contributed by atoms with Crippen molar-refractivity contribution in [2.24, 2.45) is 5.92 Å². The van der Waals surface area contributed by atoms with Crippen molar-refractivity contribution in [2.45, 2.75) is 68.7 Å². The minimum absolute atomic E-state index is 0.118. The first-order valence-corrected chi connectivity index (χ1v) is 7.71. The second kappa shape index (κ2) is 3.07. The number of fused-ring (bicyclic) bond motifs is 1. The Hall–Kier alpha value is -0.910. The van der Waals surface area contributed by atoms with Crippen LogP contribution in [0.25, 0.3) is 0 Å². The summed E-state index contributed by atoms with van der Waals surface area (Å²) in [5, 5.41) is 0. The van der Waals surface area contributed by atoms with Crippen LogP contribution in [0.15, 0.2) is 11.1 Å². The molecule has 5 nitrogen and oxygen atoms in total. The summed E-state index contributed by atoms with van der Waals surface area (Å²) in [5.74, 6) is -0.958. The molecule has 4 fully saturated rings. The van der Waals surface area contributed by atoms with Crippen molar-refractivity contribution in [3.05, 3.63) is 11.1 Å². The molecule has 3 aliphatic heterocycles. The molecule has 0 aromatic carbocycles. The molecular formula is C16H20O5. The highest BCUT2D eigenvalue weighted by molar-refractivity contribution is 5.92.